The zero-order valence-electron chi connectivity index (χ0n) is 8.42. The molecule has 0 atom stereocenters. The number of aromatic amines is 1. The number of hydrogen-bond donors (Lipinski definition) is 2. The van der Waals surface area contributed by atoms with Crippen molar-refractivity contribution in [3.63, 3.8) is 0 Å². The van der Waals surface area contributed by atoms with E-state index in [2.05, 4.69) is 11.6 Å². The van der Waals surface area contributed by atoms with E-state index in [1.807, 2.05) is 6.92 Å². The standard InChI is InChI=1S/C11H14N2O/c1-4-8-9(10(12)7(2)3)5-6-13-11(8)14/h4-6H,2,12H2,1,3H3,(H,13,14)/b8-4+,10-9+. The average molecular weight is 190 g/mol. The van der Waals surface area contributed by atoms with Crippen molar-refractivity contribution in [1.82, 2.24) is 4.98 Å². The number of rotatable bonds is 1. The summed E-state index contributed by atoms with van der Waals surface area (Å²) in [6.45, 7) is 7.37. The minimum absolute atomic E-state index is 0.130. The summed E-state index contributed by atoms with van der Waals surface area (Å²) in [6, 6.07) is 1.78. The van der Waals surface area contributed by atoms with Gasteiger partial charge < -0.3 is 10.7 Å². The van der Waals surface area contributed by atoms with E-state index in [-0.39, 0.29) is 5.56 Å². The van der Waals surface area contributed by atoms with Crippen LogP contribution in [-0.2, 0) is 0 Å². The largest absolute Gasteiger partial charge is 0.398 e. The molecule has 3 N–H and O–H groups in total. The maximum atomic E-state index is 11.4. The van der Waals surface area contributed by atoms with Gasteiger partial charge in [-0.05, 0) is 25.5 Å². The summed E-state index contributed by atoms with van der Waals surface area (Å²) in [4.78, 5) is 14.0. The Labute approximate surface area is 82.3 Å². The molecule has 0 unspecified atom stereocenters. The molecular weight excluding hydrogens is 176 g/mol. The molecule has 14 heavy (non-hydrogen) atoms. The van der Waals surface area contributed by atoms with Crippen LogP contribution >= 0.6 is 0 Å². The molecule has 0 saturated heterocycles. The van der Waals surface area contributed by atoms with Crippen molar-refractivity contribution in [3.8, 4) is 0 Å². The Morgan fingerprint density at radius 1 is 1.64 bits per heavy atom. The molecule has 0 aliphatic heterocycles. The number of H-pyrrole nitrogens is 1. The van der Waals surface area contributed by atoms with Crippen molar-refractivity contribution in [2.45, 2.75) is 13.8 Å². The predicted octanol–water partition coefficient (Wildman–Crippen LogP) is -0.182. The summed E-state index contributed by atoms with van der Waals surface area (Å²) in [7, 11) is 0. The first-order valence-corrected chi connectivity index (χ1v) is 4.37. The molecule has 1 aromatic heterocycles. The fourth-order valence-electron chi connectivity index (χ4n) is 1.24. The van der Waals surface area contributed by atoms with E-state index < -0.39 is 0 Å². The monoisotopic (exact) mass is 190 g/mol. The molecule has 0 aliphatic rings. The van der Waals surface area contributed by atoms with Crippen LogP contribution in [0.1, 0.15) is 13.8 Å². The highest BCUT2D eigenvalue weighted by atomic mass is 16.1. The molecule has 1 heterocycles. The molecule has 74 valence electrons. The first kappa shape index (κ1) is 10.3. The van der Waals surface area contributed by atoms with Gasteiger partial charge in [0.1, 0.15) is 0 Å². The van der Waals surface area contributed by atoms with Gasteiger partial charge in [-0.2, -0.15) is 0 Å². The third-order valence-electron chi connectivity index (χ3n) is 2.04. The maximum Gasteiger partial charge on any atom is 0.255 e. The number of hydrogen-bond acceptors (Lipinski definition) is 2. The van der Waals surface area contributed by atoms with Crippen LogP contribution < -0.4 is 21.7 Å². The Bertz CT molecular complexity index is 523. The normalized spacial score (nSPS) is 14.0. The quantitative estimate of drug-likeness (QED) is 0.645. The second kappa shape index (κ2) is 3.96. The Balaban J connectivity index is 3.86. The molecule has 1 aromatic rings. The third kappa shape index (κ3) is 1.76. The summed E-state index contributed by atoms with van der Waals surface area (Å²) in [6.07, 6.45) is 3.32. The van der Waals surface area contributed by atoms with Crippen LogP contribution in [0.4, 0.5) is 0 Å². The lowest BCUT2D eigenvalue weighted by Gasteiger charge is -1.99. The molecule has 0 amide bonds. The minimum atomic E-state index is -0.130. The van der Waals surface area contributed by atoms with Crippen molar-refractivity contribution < 1.29 is 0 Å². The summed E-state index contributed by atoms with van der Waals surface area (Å²) in [5.74, 6) is 0. The number of nitrogens with one attached hydrogen (secondary N) is 1. The van der Waals surface area contributed by atoms with E-state index in [1.165, 1.54) is 0 Å². The average Bonchev–Trinajstić information content (AvgIpc) is 2.16. The second-order valence-electron chi connectivity index (χ2n) is 3.12. The fraction of sp³-hybridized carbons (Fsp3) is 0.182. The molecule has 1 rings (SSSR count). The third-order valence-corrected chi connectivity index (χ3v) is 2.04. The van der Waals surface area contributed by atoms with Gasteiger partial charge in [-0.3, -0.25) is 4.79 Å². The van der Waals surface area contributed by atoms with Crippen LogP contribution in [0.5, 0.6) is 0 Å². The molecule has 0 aromatic carbocycles. The van der Waals surface area contributed by atoms with E-state index in [9.17, 15) is 4.79 Å². The molecule has 0 radical (unpaired) electrons. The van der Waals surface area contributed by atoms with E-state index >= 15 is 0 Å². The highest BCUT2D eigenvalue weighted by Crippen LogP contribution is 1.94. The Kier molecular flexibility index (Phi) is 2.92. The maximum absolute atomic E-state index is 11.4. The van der Waals surface area contributed by atoms with Crippen LogP contribution in [0.2, 0.25) is 0 Å². The van der Waals surface area contributed by atoms with Crippen LogP contribution in [0.3, 0.4) is 0 Å². The first-order valence-electron chi connectivity index (χ1n) is 4.37. The van der Waals surface area contributed by atoms with E-state index in [4.69, 9.17) is 5.73 Å². The predicted molar refractivity (Wildman–Crippen MR) is 58.9 cm³/mol. The van der Waals surface area contributed by atoms with Crippen LogP contribution in [0.15, 0.2) is 29.2 Å². The van der Waals surface area contributed by atoms with Gasteiger partial charge in [0.2, 0.25) is 0 Å². The van der Waals surface area contributed by atoms with Crippen molar-refractivity contribution in [2.75, 3.05) is 0 Å². The Morgan fingerprint density at radius 3 is 2.79 bits per heavy atom. The second-order valence-corrected chi connectivity index (χ2v) is 3.12. The summed E-state index contributed by atoms with van der Waals surface area (Å²) in [5.41, 5.74) is 7.02. The topological polar surface area (TPSA) is 58.9 Å². The molecular formula is C11H14N2O. The fourth-order valence-corrected chi connectivity index (χ4v) is 1.24. The van der Waals surface area contributed by atoms with Gasteiger partial charge in [0.15, 0.2) is 0 Å². The van der Waals surface area contributed by atoms with Crippen LogP contribution in [0.25, 0.3) is 11.8 Å². The highest BCUT2D eigenvalue weighted by molar-refractivity contribution is 5.58. The number of pyridine rings is 1. The smallest absolute Gasteiger partial charge is 0.255 e. The lowest BCUT2D eigenvalue weighted by molar-refractivity contribution is 1.17. The lowest BCUT2D eigenvalue weighted by atomic mass is 10.1. The number of aromatic nitrogens is 1. The zero-order chi connectivity index (χ0) is 10.7. The summed E-state index contributed by atoms with van der Waals surface area (Å²) >= 11 is 0. The first-order chi connectivity index (χ1) is 6.57. The van der Waals surface area contributed by atoms with Crippen LogP contribution in [0, 0.1) is 0 Å². The van der Waals surface area contributed by atoms with Crippen molar-refractivity contribution in [2.24, 2.45) is 5.73 Å². The molecule has 3 nitrogen and oxygen atoms in total. The van der Waals surface area contributed by atoms with Crippen molar-refractivity contribution >= 4 is 11.8 Å². The van der Waals surface area contributed by atoms with Gasteiger partial charge in [-0.15, -0.1) is 0 Å². The summed E-state index contributed by atoms with van der Waals surface area (Å²) < 4.78 is 0. The van der Waals surface area contributed by atoms with Gasteiger partial charge >= 0.3 is 0 Å². The molecule has 0 bridgehead atoms. The van der Waals surface area contributed by atoms with Gasteiger partial charge in [-0.25, -0.2) is 0 Å². The highest BCUT2D eigenvalue weighted by Gasteiger charge is 1.96. The minimum Gasteiger partial charge on any atom is -0.398 e. The van der Waals surface area contributed by atoms with Crippen molar-refractivity contribution in [3.05, 3.63) is 45.2 Å². The van der Waals surface area contributed by atoms with Gasteiger partial charge in [0, 0.05) is 22.3 Å². The van der Waals surface area contributed by atoms with Gasteiger partial charge in [0.25, 0.3) is 5.56 Å². The molecule has 0 spiro atoms. The van der Waals surface area contributed by atoms with Crippen LogP contribution in [-0.4, -0.2) is 4.98 Å². The summed E-state index contributed by atoms with van der Waals surface area (Å²) in [5, 5.41) is 1.33. The zero-order valence-corrected chi connectivity index (χ0v) is 8.42. The molecule has 0 saturated carbocycles. The van der Waals surface area contributed by atoms with E-state index in [0.29, 0.717) is 10.9 Å². The van der Waals surface area contributed by atoms with Gasteiger partial charge in [0.05, 0.1) is 0 Å². The van der Waals surface area contributed by atoms with Crippen molar-refractivity contribution in [1.29, 1.82) is 0 Å². The molecule has 0 fully saturated rings. The molecule has 0 aliphatic carbocycles. The Hall–Kier alpha value is -1.77. The van der Waals surface area contributed by atoms with E-state index in [1.54, 1.807) is 25.3 Å². The lowest BCUT2D eigenvalue weighted by Crippen LogP contribution is -2.42. The van der Waals surface area contributed by atoms with E-state index in [0.717, 1.165) is 10.8 Å². The number of nitrogens with two attached hydrogens (primary N) is 1. The van der Waals surface area contributed by atoms with Gasteiger partial charge in [-0.1, -0.05) is 12.7 Å². The SMILES string of the molecule is C=C(C)/C(N)=c1/cc[nH]c(=O)/c1=C/C. The Morgan fingerprint density at radius 2 is 2.29 bits per heavy atom. The molecule has 3 heteroatoms.